The largest absolute Gasteiger partial charge is 0.481 e. The number of hydrogen-bond donors (Lipinski definition) is 5. The molecule has 1 rings (SSSR count). The van der Waals surface area contributed by atoms with Crippen molar-refractivity contribution in [1.82, 2.24) is 0 Å². The minimum atomic E-state index is -1.06. The highest BCUT2D eigenvalue weighted by molar-refractivity contribution is 5.91. The first-order valence-electron chi connectivity index (χ1n) is 17.5. The molecule has 8 heteroatoms. The Labute approximate surface area is 268 Å². The lowest BCUT2D eigenvalue weighted by molar-refractivity contribution is -0.137. The number of carbonyl (C=O) groups is 3. The first-order valence-corrected chi connectivity index (χ1v) is 17.5. The van der Waals surface area contributed by atoms with Gasteiger partial charge in [-0.2, -0.15) is 0 Å². The maximum absolute atomic E-state index is 10.3. The van der Waals surface area contributed by atoms with Gasteiger partial charge in [-0.05, 0) is 56.6 Å². The molecule has 0 spiro atoms. The zero-order valence-corrected chi connectivity index (χ0v) is 27.9. The van der Waals surface area contributed by atoms with Crippen molar-refractivity contribution in [3.05, 3.63) is 35.4 Å². The van der Waals surface area contributed by atoms with Gasteiger partial charge in [-0.15, -0.1) is 0 Å². The first kappa shape index (κ1) is 43.7. The van der Waals surface area contributed by atoms with E-state index in [0.717, 1.165) is 25.9 Å². The van der Waals surface area contributed by atoms with Gasteiger partial charge in [0.1, 0.15) is 0 Å². The zero-order valence-electron chi connectivity index (χ0n) is 27.9. The molecule has 8 nitrogen and oxygen atoms in total. The topological polar surface area (TPSA) is 164 Å². The number of rotatable bonds is 27. The average Bonchev–Trinajstić information content (AvgIpc) is 3.01. The maximum Gasteiger partial charge on any atom is 0.335 e. The third-order valence-corrected chi connectivity index (χ3v) is 7.53. The fraction of sp³-hybridized carbons (Fsp3) is 0.750. The van der Waals surface area contributed by atoms with Gasteiger partial charge in [-0.1, -0.05) is 135 Å². The van der Waals surface area contributed by atoms with E-state index in [2.05, 4.69) is 6.92 Å². The molecular formula is C36H66N2O6. The molecule has 0 radical (unpaired) electrons. The third-order valence-electron chi connectivity index (χ3n) is 7.53. The molecule has 0 amide bonds. The third kappa shape index (κ3) is 34.0. The summed E-state index contributed by atoms with van der Waals surface area (Å²) in [5.41, 5.74) is 11.0. The highest BCUT2D eigenvalue weighted by Crippen LogP contribution is 2.14. The molecule has 0 aliphatic heterocycles. The molecule has 256 valence electrons. The summed E-state index contributed by atoms with van der Waals surface area (Å²) in [7, 11) is 0. The molecule has 7 N–H and O–H groups in total. The standard InChI is InChI=1S/C18H36O2.C10H24N2.C8H6O4/c1-2-3-4-5-6-7-8-9-10-11-12-13-14-15-16-17-18(19)20;11-9-7-5-3-1-2-4-6-8-10-12;9-7(10)5-1-2-6(4-3-5)8(11)12/h2-17H2,1H3,(H,19,20);1-12H2;1-4H,(H,9,10)(H,11,12). The first-order chi connectivity index (χ1) is 21.3. The number of hydrogen-bond acceptors (Lipinski definition) is 5. The van der Waals surface area contributed by atoms with Crippen LogP contribution in [0.15, 0.2) is 24.3 Å². The summed E-state index contributed by atoms with van der Waals surface area (Å²) in [6.07, 6.45) is 30.7. The molecule has 0 aromatic heterocycles. The van der Waals surface area contributed by atoms with Crippen molar-refractivity contribution in [2.24, 2.45) is 11.5 Å². The van der Waals surface area contributed by atoms with Crippen LogP contribution in [0.2, 0.25) is 0 Å². The van der Waals surface area contributed by atoms with E-state index in [1.54, 1.807) is 0 Å². The second kappa shape index (κ2) is 35.0. The van der Waals surface area contributed by atoms with Crippen molar-refractivity contribution in [1.29, 1.82) is 0 Å². The summed E-state index contributed by atoms with van der Waals surface area (Å²) < 4.78 is 0. The summed E-state index contributed by atoms with van der Waals surface area (Å²) in [5.74, 6) is -2.78. The van der Waals surface area contributed by atoms with E-state index >= 15 is 0 Å². The number of benzene rings is 1. The fourth-order valence-electron chi connectivity index (χ4n) is 4.75. The summed E-state index contributed by atoms with van der Waals surface area (Å²) >= 11 is 0. The van der Waals surface area contributed by atoms with Gasteiger partial charge in [0.15, 0.2) is 0 Å². The fourth-order valence-corrected chi connectivity index (χ4v) is 4.75. The second-order valence-electron chi connectivity index (χ2n) is 11.7. The van der Waals surface area contributed by atoms with Crippen LogP contribution in [0.1, 0.15) is 182 Å². The van der Waals surface area contributed by atoms with Gasteiger partial charge >= 0.3 is 17.9 Å². The van der Waals surface area contributed by atoms with E-state index in [9.17, 15) is 14.4 Å². The molecular weight excluding hydrogens is 556 g/mol. The van der Waals surface area contributed by atoms with Crippen molar-refractivity contribution in [2.45, 2.75) is 161 Å². The maximum atomic E-state index is 10.3. The van der Waals surface area contributed by atoms with Crippen molar-refractivity contribution in [3.8, 4) is 0 Å². The summed E-state index contributed by atoms with van der Waals surface area (Å²) in [5, 5.41) is 25.5. The van der Waals surface area contributed by atoms with Crippen LogP contribution in [0.4, 0.5) is 0 Å². The molecule has 0 unspecified atom stereocenters. The number of nitrogens with two attached hydrogens (primary N) is 2. The predicted octanol–water partition coefficient (Wildman–Crippen LogP) is 9.44. The van der Waals surface area contributed by atoms with E-state index < -0.39 is 17.9 Å². The molecule has 0 aliphatic rings. The molecule has 0 fully saturated rings. The molecule has 0 atom stereocenters. The Bertz CT molecular complexity index is 742. The summed E-state index contributed by atoms with van der Waals surface area (Å²) in [4.78, 5) is 31.0. The lowest BCUT2D eigenvalue weighted by Crippen LogP contribution is -1.99. The normalized spacial score (nSPS) is 10.3. The molecule has 1 aromatic carbocycles. The van der Waals surface area contributed by atoms with E-state index in [1.807, 2.05) is 0 Å². The summed E-state index contributed by atoms with van der Waals surface area (Å²) in [6, 6.07) is 5.02. The molecule has 0 saturated carbocycles. The highest BCUT2D eigenvalue weighted by atomic mass is 16.4. The van der Waals surface area contributed by atoms with Gasteiger partial charge in [0.2, 0.25) is 0 Å². The second-order valence-corrected chi connectivity index (χ2v) is 11.7. The number of aromatic carboxylic acids is 2. The molecule has 1 aromatic rings. The number of aliphatic carboxylic acids is 1. The SMILES string of the molecule is CCCCCCCCCCCCCCCCCC(=O)O.NCCCCCCCCCCN.O=C(O)c1ccc(C(=O)O)cc1. The Morgan fingerprint density at radius 2 is 0.705 bits per heavy atom. The van der Waals surface area contributed by atoms with Crippen molar-refractivity contribution < 1.29 is 29.7 Å². The molecule has 0 aliphatic carbocycles. The Morgan fingerprint density at radius 1 is 0.455 bits per heavy atom. The molecule has 0 saturated heterocycles. The predicted molar refractivity (Wildman–Crippen MR) is 183 cm³/mol. The van der Waals surface area contributed by atoms with Crippen LogP contribution in [-0.2, 0) is 4.79 Å². The Balaban J connectivity index is 0. The van der Waals surface area contributed by atoms with Crippen molar-refractivity contribution in [2.75, 3.05) is 13.1 Å². The van der Waals surface area contributed by atoms with Crippen LogP contribution in [0.5, 0.6) is 0 Å². The van der Waals surface area contributed by atoms with Crippen LogP contribution in [0.25, 0.3) is 0 Å². The van der Waals surface area contributed by atoms with Gasteiger partial charge in [0, 0.05) is 6.42 Å². The smallest absolute Gasteiger partial charge is 0.335 e. The molecule has 44 heavy (non-hydrogen) atoms. The zero-order chi connectivity index (χ0) is 33.1. The van der Waals surface area contributed by atoms with Gasteiger partial charge in [0.05, 0.1) is 11.1 Å². The molecule has 0 bridgehead atoms. The Kier molecular flexibility index (Phi) is 34.8. The van der Waals surface area contributed by atoms with Crippen molar-refractivity contribution in [3.63, 3.8) is 0 Å². The van der Waals surface area contributed by atoms with E-state index in [4.69, 9.17) is 26.8 Å². The minimum Gasteiger partial charge on any atom is -0.481 e. The van der Waals surface area contributed by atoms with E-state index in [0.29, 0.717) is 6.42 Å². The van der Waals surface area contributed by atoms with Gasteiger partial charge in [-0.25, -0.2) is 9.59 Å². The van der Waals surface area contributed by atoms with E-state index in [-0.39, 0.29) is 11.1 Å². The van der Waals surface area contributed by atoms with Gasteiger partial charge in [-0.3, -0.25) is 4.79 Å². The molecule has 0 heterocycles. The van der Waals surface area contributed by atoms with Crippen molar-refractivity contribution >= 4 is 17.9 Å². The van der Waals surface area contributed by atoms with E-state index in [1.165, 1.54) is 159 Å². The van der Waals surface area contributed by atoms with Crippen LogP contribution in [0, 0.1) is 0 Å². The van der Waals surface area contributed by atoms with Gasteiger partial charge in [0.25, 0.3) is 0 Å². The Morgan fingerprint density at radius 3 is 0.932 bits per heavy atom. The monoisotopic (exact) mass is 622 g/mol. The van der Waals surface area contributed by atoms with Crippen LogP contribution in [-0.4, -0.2) is 46.3 Å². The van der Waals surface area contributed by atoms with Gasteiger partial charge < -0.3 is 26.8 Å². The number of carboxylic acids is 3. The lowest BCUT2D eigenvalue weighted by atomic mass is 10.0. The quantitative estimate of drug-likeness (QED) is 0.0605. The lowest BCUT2D eigenvalue weighted by Gasteiger charge is -2.03. The van der Waals surface area contributed by atoms with Crippen LogP contribution >= 0.6 is 0 Å². The van der Waals surface area contributed by atoms with Crippen LogP contribution < -0.4 is 11.5 Å². The number of unbranched alkanes of at least 4 members (excludes halogenated alkanes) is 21. The summed E-state index contributed by atoms with van der Waals surface area (Å²) in [6.45, 7) is 3.98. The minimum absolute atomic E-state index is 0.0833. The highest BCUT2D eigenvalue weighted by Gasteiger charge is 2.05. The Hall–Kier alpha value is -2.45. The number of carboxylic acid groups (broad SMARTS) is 3. The van der Waals surface area contributed by atoms with Crippen LogP contribution in [0.3, 0.4) is 0 Å². The average molecular weight is 623 g/mol.